The summed E-state index contributed by atoms with van der Waals surface area (Å²) in [6, 6.07) is 17.4. The highest BCUT2D eigenvalue weighted by Crippen LogP contribution is 2.29. The van der Waals surface area contributed by atoms with E-state index in [-0.39, 0.29) is 18.3 Å². The maximum Gasteiger partial charge on any atom is 0.262 e. The standard InChI is InChI=1S/C26H23Cl2NO4/c1-3-32-25-14-18(6-12-23(30)21-11-8-19(27)15-22(21)28)7-13-24(25)33-16-26(31)29-20-9-4-17(2)5-10-20/h4-15H,3,16H2,1-2H3,(H,29,31)/b12-6+. The number of ketones is 1. The zero-order chi connectivity index (χ0) is 23.8. The van der Waals surface area contributed by atoms with E-state index in [0.29, 0.717) is 39.4 Å². The summed E-state index contributed by atoms with van der Waals surface area (Å²) in [7, 11) is 0. The van der Waals surface area contributed by atoms with Crippen LogP contribution in [0.3, 0.4) is 0 Å². The first kappa shape index (κ1) is 24.4. The van der Waals surface area contributed by atoms with Crippen LogP contribution in [-0.4, -0.2) is 24.9 Å². The van der Waals surface area contributed by atoms with Gasteiger partial charge in [0, 0.05) is 16.3 Å². The van der Waals surface area contributed by atoms with Crippen LogP contribution >= 0.6 is 23.2 Å². The summed E-state index contributed by atoms with van der Waals surface area (Å²) in [5.41, 5.74) is 2.90. The van der Waals surface area contributed by atoms with Crippen molar-refractivity contribution >= 4 is 46.7 Å². The molecule has 0 saturated carbocycles. The van der Waals surface area contributed by atoms with Gasteiger partial charge in [-0.3, -0.25) is 9.59 Å². The van der Waals surface area contributed by atoms with Crippen molar-refractivity contribution in [2.75, 3.05) is 18.5 Å². The fraction of sp³-hybridized carbons (Fsp3) is 0.154. The first-order chi connectivity index (χ1) is 15.9. The maximum atomic E-state index is 12.5. The van der Waals surface area contributed by atoms with Crippen LogP contribution < -0.4 is 14.8 Å². The fourth-order valence-electron chi connectivity index (χ4n) is 2.94. The van der Waals surface area contributed by atoms with Crippen LogP contribution in [-0.2, 0) is 4.79 Å². The van der Waals surface area contributed by atoms with Crippen LogP contribution in [0.2, 0.25) is 10.0 Å². The number of halogens is 2. The van der Waals surface area contributed by atoms with E-state index in [4.69, 9.17) is 32.7 Å². The lowest BCUT2D eigenvalue weighted by molar-refractivity contribution is -0.118. The van der Waals surface area contributed by atoms with Crippen molar-refractivity contribution in [2.24, 2.45) is 0 Å². The van der Waals surface area contributed by atoms with Crippen LogP contribution in [0, 0.1) is 6.92 Å². The Labute approximate surface area is 202 Å². The molecule has 0 aliphatic rings. The minimum Gasteiger partial charge on any atom is -0.490 e. The van der Waals surface area contributed by atoms with Crippen molar-refractivity contribution < 1.29 is 19.1 Å². The van der Waals surface area contributed by atoms with E-state index in [9.17, 15) is 9.59 Å². The molecule has 0 saturated heterocycles. The summed E-state index contributed by atoms with van der Waals surface area (Å²) in [5, 5.41) is 3.54. The molecule has 33 heavy (non-hydrogen) atoms. The van der Waals surface area contributed by atoms with Gasteiger partial charge < -0.3 is 14.8 Å². The molecule has 170 valence electrons. The number of ether oxygens (including phenoxy) is 2. The van der Waals surface area contributed by atoms with Gasteiger partial charge in [0.2, 0.25) is 0 Å². The third kappa shape index (κ3) is 7.11. The van der Waals surface area contributed by atoms with Crippen molar-refractivity contribution in [3.05, 3.63) is 93.5 Å². The molecule has 0 aliphatic heterocycles. The second kappa shape index (κ2) is 11.5. The molecule has 5 nitrogen and oxygen atoms in total. The van der Waals surface area contributed by atoms with Crippen molar-refractivity contribution in [1.82, 2.24) is 0 Å². The third-order valence-corrected chi connectivity index (χ3v) is 5.13. The van der Waals surface area contributed by atoms with Gasteiger partial charge >= 0.3 is 0 Å². The van der Waals surface area contributed by atoms with E-state index >= 15 is 0 Å². The Bertz CT molecular complexity index is 1170. The van der Waals surface area contributed by atoms with Crippen LogP contribution in [0.5, 0.6) is 11.5 Å². The molecule has 0 fully saturated rings. The number of benzene rings is 3. The number of allylic oxidation sites excluding steroid dienone is 1. The summed E-state index contributed by atoms with van der Waals surface area (Å²) in [4.78, 5) is 24.7. The summed E-state index contributed by atoms with van der Waals surface area (Å²) in [6.45, 7) is 4.07. The van der Waals surface area contributed by atoms with Gasteiger partial charge in [-0.2, -0.15) is 0 Å². The van der Waals surface area contributed by atoms with E-state index in [1.165, 1.54) is 12.1 Å². The first-order valence-electron chi connectivity index (χ1n) is 10.3. The number of anilines is 1. The molecule has 7 heteroatoms. The zero-order valence-electron chi connectivity index (χ0n) is 18.2. The number of nitrogens with one attached hydrogen (secondary N) is 1. The van der Waals surface area contributed by atoms with E-state index in [1.807, 2.05) is 38.1 Å². The average molecular weight is 484 g/mol. The molecule has 1 N–H and O–H groups in total. The number of amides is 1. The van der Waals surface area contributed by atoms with E-state index in [2.05, 4.69) is 5.32 Å². The number of hydrogen-bond donors (Lipinski definition) is 1. The number of carbonyl (C=O) groups excluding carboxylic acids is 2. The summed E-state index contributed by atoms with van der Waals surface area (Å²) in [6.07, 6.45) is 3.08. The van der Waals surface area contributed by atoms with Crippen LogP contribution in [0.15, 0.2) is 66.7 Å². The molecule has 0 spiro atoms. The van der Waals surface area contributed by atoms with Crippen molar-refractivity contribution in [2.45, 2.75) is 13.8 Å². The molecular weight excluding hydrogens is 461 g/mol. The monoisotopic (exact) mass is 483 g/mol. The Morgan fingerprint density at radius 1 is 0.939 bits per heavy atom. The quantitative estimate of drug-likeness (QED) is 0.274. The second-order valence-corrected chi connectivity index (χ2v) is 8.01. The lowest BCUT2D eigenvalue weighted by atomic mass is 10.1. The smallest absolute Gasteiger partial charge is 0.262 e. The van der Waals surface area contributed by atoms with Gasteiger partial charge in [-0.25, -0.2) is 0 Å². The van der Waals surface area contributed by atoms with Gasteiger partial charge in [-0.1, -0.05) is 53.0 Å². The Morgan fingerprint density at radius 3 is 2.39 bits per heavy atom. The Hall–Kier alpha value is -3.28. The van der Waals surface area contributed by atoms with Gasteiger partial charge in [0.05, 0.1) is 11.6 Å². The van der Waals surface area contributed by atoms with Gasteiger partial charge in [-0.15, -0.1) is 0 Å². The molecule has 3 rings (SSSR count). The Morgan fingerprint density at radius 2 is 1.70 bits per heavy atom. The summed E-state index contributed by atoms with van der Waals surface area (Å²) < 4.78 is 11.3. The third-order valence-electron chi connectivity index (χ3n) is 4.59. The number of aryl methyl sites for hydroxylation is 1. The largest absolute Gasteiger partial charge is 0.490 e. The van der Waals surface area contributed by atoms with Gasteiger partial charge in [0.15, 0.2) is 23.9 Å². The Kier molecular flexibility index (Phi) is 8.52. The van der Waals surface area contributed by atoms with Gasteiger partial charge in [0.1, 0.15) is 0 Å². The molecule has 0 atom stereocenters. The molecule has 0 aromatic heterocycles. The SMILES string of the molecule is CCOc1cc(/C=C/C(=O)c2ccc(Cl)cc2Cl)ccc1OCC(=O)Nc1ccc(C)cc1. The minimum atomic E-state index is -0.282. The van der Waals surface area contributed by atoms with E-state index in [0.717, 1.165) is 11.1 Å². The molecule has 0 heterocycles. The van der Waals surface area contributed by atoms with Gasteiger partial charge in [-0.05, 0) is 68.0 Å². The van der Waals surface area contributed by atoms with Crippen LogP contribution in [0.1, 0.15) is 28.4 Å². The topological polar surface area (TPSA) is 64.6 Å². The second-order valence-electron chi connectivity index (χ2n) is 7.16. The van der Waals surface area contributed by atoms with Crippen LogP contribution in [0.4, 0.5) is 5.69 Å². The molecular formula is C26H23Cl2NO4. The highest BCUT2D eigenvalue weighted by molar-refractivity contribution is 6.37. The van der Waals surface area contributed by atoms with Crippen molar-refractivity contribution in [1.29, 1.82) is 0 Å². The summed E-state index contributed by atoms with van der Waals surface area (Å²) in [5.74, 6) is 0.373. The molecule has 3 aromatic rings. The molecule has 3 aromatic carbocycles. The van der Waals surface area contributed by atoms with Crippen LogP contribution in [0.25, 0.3) is 6.08 Å². The highest BCUT2D eigenvalue weighted by atomic mass is 35.5. The minimum absolute atomic E-state index is 0.170. The van der Waals surface area contributed by atoms with Crippen molar-refractivity contribution in [3.8, 4) is 11.5 Å². The fourth-order valence-corrected chi connectivity index (χ4v) is 3.45. The molecule has 0 bridgehead atoms. The predicted octanol–water partition coefficient (Wildman–Crippen LogP) is 6.61. The normalized spacial score (nSPS) is 10.8. The van der Waals surface area contributed by atoms with Gasteiger partial charge in [0.25, 0.3) is 5.91 Å². The molecule has 1 amide bonds. The number of rotatable bonds is 9. The molecule has 0 unspecified atom stereocenters. The maximum absolute atomic E-state index is 12.5. The number of hydrogen-bond acceptors (Lipinski definition) is 4. The molecule has 0 radical (unpaired) electrons. The Balaban J connectivity index is 1.66. The summed E-state index contributed by atoms with van der Waals surface area (Å²) >= 11 is 12.0. The van der Waals surface area contributed by atoms with E-state index < -0.39 is 0 Å². The lowest BCUT2D eigenvalue weighted by Gasteiger charge is -2.13. The average Bonchev–Trinajstić information content (AvgIpc) is 2.78. The highest BCUT2D eigenvalue weighted by Gasteiger charge is 2.11. The predicted molar refractivity (Wildman–Crippen MR) is 133 cm³/mol. The first-order valence-corrected chi connectivity index (χ1v) is 11.0. The molecule has 0 aliphatic carbocycles. The van der Waals surface area contributed by atoms with E-state index in [1.54, 1.807) is 36.4 Å². The number of carbonyl (C=O) groups is 2. The lowest BCUT2D eigenvalue weighted by Crippen LogP contribution is -2.20. The zero-order valence-corrected chi connectivity index (χ0v) is 19.7. The van der Waals surface area contributed by atoms with Crippen molar-refractivity contribution in [3.63, 3.8) is 0 Å².